The van der Waals surface area contributed by atoms with Crippen LogP contribution in [-0.2, 0) is 10.2 Å². The fourth-order valence-corrected chi connectivity index (χ4v) is 9.95. The highest BCUT2D eigenvalue weighted by atomic mass is 127. The Hall–Kier alpha value is -5.37. The summed E-state index contributed by atoms with van der Waals surface area (Å²) in [7, 11) is -1.35. The molecule has 9 heteroatoms. The van der Waals surface area contributed by atoms with Crippen molar-refractivity contribution in [3.8, 4) is 44.5 Å². The molecule has 0 aliphatic carbocycles. The van der Waals surface area contributed by atoms with E-state index in [2.05, 4.69) is 217 Å². The van der Waals surface area contributed by atoms with Crippen LogP contribution in [0.3, 0.4) is 0 Å². The summed E-state index contributed by atoms with van der Waals surface area (Å²) in [4.78, 5) is 31.8. The highest BCUT2D eigenvalue weighted by Gasteiger charge is 2.21. The number of carbonyl (C=O) groups is 1. The van der Waals surface area contributed by atoms with Gasteiger partial charge in [0.1, 0.15) is 0 Å². The van der Waals surface area contributed by atoms with E-state index in [-0.39, 0.29) is 11.4 Å². The lowest BCUT2D eigenvalue weighted by Crippen LogP contribution is -2.22. The van der Waals surface area contributed by atoms with Crippen molar-refractivity contribution in [2.75, 3.05) is 6.61 Å². The third kappa shape index (κ3) is 9.19. The lowest BCUT2D eigenvalue weighted by molar-refractivity contribution is 0.0525. The zero-order chi connectivity index (χ0) is 44.0. The normalized spacial score (nSPS) is 12.5. The smallest absolute Gasteiger partial charge is 0.338 e. The summed E-state index contributed by atoms with van der Waals surface area (Å²) in [5.74, 6) is -0.300. The molecule has 0 atom stereocenters. The van der Waals surface area contributed by atoms with Crippen molar-refractivity contribution in [1.82, 2.24) is 19.9 Å². The second-order valence-electron chi connectivity index (χ2n) is 18.4. The van der Waals surface area contributed by atoms with Crippen LogP contribution in [0.15, 0.2) is 121 Å². The van der Waals surface area contributed by atoms with Gasteiger partial charge in [0.25, 0.3) is 0 Å². The van der Waals surface area contributed by atoms with Crippen LogP contribution in [0.4, 0.5) is 0 Å². The zero-order valence-corrected chi connectivity index (χ0v) is 41.6. The Morgan fingerprint density at radius 1 is 0.556 bits per heavy atom. The molecule has 2 aliphatic rings. The molecule has 2 N–H and O–H groups in total. The van der Waals surface area contributed by atoms with Crippen LogP contribution in [0.2, 0.25) is 25.7 Å². The summed E-state index contributed by atoms with van der Waals surface area (Å²) >= 11 is 4.76. The van der Waals surface area contributed by atoms with Gasteiger partial charge in [-0.05, 0) is 169 Å². The molecule has 7 aromatic rings. The summed E-state index contributed by atoms with van der Waals surface area (Å²) < 4.78 is 7.99. The second-order valence-corrected chi connectivity index (χ2v) is 26.5. The molecule has 0 saturated heterocycles. The summed E-state index contributed by atoms with van der Waals surface area (Å²) in [6.07, 6.45) is 8.51. The summed E-state index contributed by atoms with van der Waals surface area (Å²) in [6, 6.07) is 43.3. The van der Waals surface area contributed by atoms with E-state index in [1.54, 1.807) is 0 Å². The molecule has 5 heterocycles. The molecule has 0 spiro atoms. The summed E-state index contributed by atoms with van der Waals surface area (Å²) in [6.45, 7) is 14.0. The average Bonchev–Trinajstić information content (AvgIpc) is 4.09. The molecule has 0 unspecified atom stereocenters. The van der Waals surface area contributed by atoms with Crippen LogP contribution in [0, 0.1) is 7.14 Å². The van der Waals surface area contributed by atoms with Crippen LogP contribution in [0.1, 0.15) is 59.5 Å². The van der Waals surface area contributed by atoms with Gasteiger partial charge < -0.3 is 14.7 Å². The van der Waals surface area contributed by atoms with E-state index in [4.69, 9.17) is 14.7 Å². The monoisotopic (exact) mass is 1070 g/mol. The van der Waals surface area contributed by atoms with Gasteiger partial charge >= 0.3 is 5.97 Å². The van der Waals surface area contributed by atoms with Gasteiger partial charge in [0.2, 0.25) is 0 Å². The van der Waals surface area contributed by atoms with E-state index in [1.807, 2.05) is 24.3 Å². The molecule has 0 saturated carbocycles. The molecule has 314 valence electrons. The highest BCUT2D eigenvalue weighted by Crippen LogP contribution is 2.39. The summed E-state index contributed by atoms with van der Waals surface area (Å²) in [5.41, 5.74) is 17.0. The first kappa shape index (κ1) is 42.9. The number of benzene rings is 4. The predicted molar refractivity (Wildman–Crippen MR) is 283 cm³/mol. The Bertz CT molecular complexity index is 3000. The van der Waals surface area contributed by atoms with E-state index < -0.39 is 8.07 Å². The van der Waals surface area contributed by atoms with Crippen LogP contribution in [-0.4, -0.2) is 40.6 Å². The predicted octanol–water partition coefficient (Wildman–Crippen LogP) is 15.3. The fourth-order valence-electron chi connectivity index (χ4n) is 8.15. The van der Waals surface area contributed by atoms with Crippen molar-refractivity contribution < 1.29 is 9.53 Å². The molecule has 6 nitrogen and oxygen atoms in total. The maximum absolute atomic E-state index is 13.2. The van der Waals surface area contributed by atoms with E-state index in [1.165, 1.54) is 5.56 Å². The quantitative estimate of drug-likeness (QED) is 0.0902. The Kier molecular flexibility index (Phi) is 11.8. The zero-order valence-electron chi connectivity index (χ0n) is 36.2. The van der Waals surface area contributed by atoms with E-state index in [0.29, 0.717) is 12.2 Å². The molecule has 2 aliphatic heterocycles. The van der Waals surface area contributed by atoms with E-state index in [0.717, 1.165) is 103 Å². The number of hydrogen-bond acceptors (Lipinski definition) is 4. The lowest BCUT2D eigenvalue weighted by atomic mass is 9.86. The number of esters is 1. The van der Waals surface area contributed by atoms with Gasteiger partial charge in [-0.25, -0.2) is 14.8 Å². The van der Waals surface area contributed by atoms with Crippen LogP contribution in [0.5, 0.6) is 0 Å². The van der Waals surface area contributed by atoms with Crippen LogP contribution in [0.25, 0.3) is 90.9 Å². The minimum absolute atomic E-state index is 0.0145. The first-order valence-electron chi connectivity index (χ1n) is 21.3. The number of hydrogen-bond donors (Lipinski definition) is 2. The minimum atomic E-state index is -1.35. The van der Waals surface area contributed by atoms with Crippen molar-refractivity contribution in [3.05, 3.63) is 162 Å². The van der Waals surface area contributed by atoms with Gasteiger partial charge in [0, 0.05) is 59.5 Å². The molecular formula is C54H48I2N4O2Si. The number of fused-ring (bicyclic) bond motifs is 8. The van der Waals surface area contributed by atoms with Crippen molar-refractivity contribution in [3.63, 3.8) is 0 Å². The standard InChI is InChI=1S/C54H48I2N4O2Si/c1-54(2,3)38-19-17-34(18-20-38)50-43-23-27-47(59-43)51(36-9-7-11-39(55)31-36)45-25-21-41(57-45)49(33-13-15-35(16-14-33)53(61)62-29-30-63(4,5)6)42-22-26-46(58-42)52(48-28-24-44(50)60-48)37-10-8-12-40(56)32-37/h7-28,31-32,57-58H,29-30H2,1-6H3. The van der Waals surface area contributed by atoms with Gasteiger partial charge in [0.05, 0.1) is 34.9 Å². The third-order valence-electron chi connectivity index (χ3n) is 11.5. The number of nitrogens with zero attached hydrogens (tertiary/aromatic N) is 2. The van der Waals surface area contributed by atoms with Gasteiger partial charge in [0.15, 0.2) is 0 Å². The Balaban J connectivity index is 1.35. The third-order valence-corrected chi connectivity index (χ3v) is 14.6. The van der Waals surface area contributed by atoms with Crippen molar-refractivity contribution in [2.45, 2.75) is 51.9 Å². The number of aromatic nitrogens is 4. The SMILES string of the molecule is CC(C)(C)c1ccc(-c2c3nc(c(-c4cccc(I)c4)c4ccc([nH]4)c(-c4ccc(C(=O)OCC[Si](C)(C)C)cc4)c4ccc([nH]4)c(-c4cccc(I)c4)c4nc2C=C4)C=C3)cc1. The molecule has 0 amide bonds. The Morgan fingerprint density at radius 3 is 1.43 bits per heavy atom. The first-order valence-corrected chi connectivity index (χ1v) is 27.1. The van der Waals surface area contributed by atoms with Crippen molar-refractivity contribution in [2.24, 2.45) is 0 Å². The minimum Gasteiger partial charge on any atom is -0.462 e. The molecule has 63 heavy (non-hydrogen) atoms. The number of halogens is 2. The van der Waals surface area contributed by atoms with Crippen LogP contribution < -0.4 is 0 Å². The van der Waals surface area contributed by atoms with E-state index >= 15 is 0 Å². The lowest BCUT2D eigenvalue weighted by Gasteiger charge is -2.19. The first-order chi connectivity index (χ1) is 30.2. The Morgan fingerprint density at radius 2 is 0.984 bits per heavy atom. The Labute approximate surface area is 397 Å². The topological polar surface area (TPSA) is 83.7 Å². The molecule has 4 aromatic carbocycles. The summed E-state index contributed by atoms with van der Waals surface area (Å²) in [5, 5.41) is 0. The van der Waals surface area contributed by atoms with Gasteiger partial charge in [-0.2, -0.15) is 0 Å². The van der Waals surface area contributed by atoms with Crippen molar-refractivity contribution in [1.29, 1.82) is 0 Å². The van der Waals surface area contributed by atoms with E-state index in [9.17, 15) is 4.79 Å². The average molecular weight is 1070 g/mol. The largest absolute Gasteiger partial charge is 0.462 e. The maximum atomic E-state index is 13.2. The number of ether oxygens (including phenoxy) is 1. The molecule has 9 rings (SSSR count). The molecule has 3 aromatic heterocycles. The number of H-pyrrole nitrogens is 2. The van der Waals surface area contributed by atoms with Gasteiger partial charge in [-0.1, -0.05) is 101 Å². The fraction of sp³-hybridized carbons (Fsp3) is 0.167. The molecule has 0 radical (unpaired) electrons. The number of rotatable bonds is 8. The number of carbonyl (C=O) groups excluding carboxylic acids is 1. The number of nitrogens with one attached hydrogen (secondary N) is 2. The maximum Gasteiger partial charge on any atom is 0.338 e. The van der Waals surface area contributed by atoms with Crippen molar-refractivity contribution >= 4 is 106 Å². The highest BCUT2D eigenvalue weighted by molar-refractivity contribution is 14.1. The molecule has 8 bridgehead atoms. The molecule has 0 fully saturated rings. The van der Waals surface area contributed by atoms with Gasteiger partial charge in [-0.15, -0.1) is 0 Å². The van der Waals surface area contributed by atoms with Crippen LogP contribution >= 0.6 is 45.2 Å². The van der Waals surface area contributed by atoms with Gasteiger partial charge in [-0.3, -0.25) is 0 Å². The second kappa shape index (κ2) is 17.3. The number of aromatic amines is 2. The molecular weight excluding hydrogens is 1020 g/mol.